The van der Waals surface area contributed by atoms with E-state index >= 15 is 0 Å². The summed E-state index contributed by atoms with van der Waals surface area (Å²) in [4.78, 5) is 12.1. The summed E-state index contributed by atoms with van der Waals surface area (Å²) in [5.41, 5.74) is 5.30. The number of nitrogens with two attached hydrogens (primary N) is 1. The number of hydrogen-bond donors (Lipinski definition) is 3. The third kappa shape index (κ3) is 3.92. The zero-order valence-electron chi connectivity index (χ0n) is 12.8. The van der Waals surface area contributed by atoms with Gasteiger partial charge in [0.2, 0.25) is 0 Å². The number of hydrogen-bond acceptors (Lipinski definition) is 4. The van der Waals surface area contributed by atoms with Gasteiger partial charge in [-0.2, -0.15) is 18.3 Å². The highest BCUT2D eigenvalue weighted by atomic mass is 19.4. The van der Waals surface area contributed by atoms with Crippen LogP contribution in [0.15, 0.2) is 30.3 Å². The minimum atomic E-state index is -4.47. The largest absolute Gasteiger partial charge is 0.416 e. The normalized spacial score (nSPS) is 12.9. The standard InChI is InChI=1S/C15H17F3N4O2/c1-9-5-13(14(24)20-11(7-19)8-23)21-22(9)12-4-2-3-10(6-12)15(16,17)18/h2-6,11,23H,7-8,19H2,1H3,(H,20,24). The van der Waals surface area contributed by atoms with Crippen molar-refractivity contribution < 1.29 is 23.1 Å². The molecular weight excluding hydrogens is 325 g/mol. The second-order valence-corrected chi connectivity index (χ2v) is 5.22. The van der Waals surface area contributed by atoms with E-state index in [4.69, 9.17) is 10.8 Å². The van der Waals surface area contributed by atoms with Crippen molar-refractivity contribution in [2.45, 2.75) is 19.1 Å². The molecular formula is C15H17F3N4O2. The maximum Gasteiger partial charge on any atom is 0.416 e. The minimum Gasteiger partial charge on any atom is -0.394 e. The van der Waals surface area contributed by atoms with E-state index in [0.29, 0.717) is 5.69 Å². The van der Waals surface area contributed by atoms with Crippen LogP contribution in [0.4, 0.5) is 13.2 Å². The Morgan fingerprint density at radius 3 is 2.71 bits per heavy atom. The quantitative estimate of drug-likeness (QED) is 0.762. The lowest BCUT2D eigenvalue weighted by molar-refractivity contribution is -0.137. The Bertz CT molecular complexity index is 724. The van der Waals surface area contributed by atoms with Gasteiger partial charge in [-0.05, 0) is 31.2 Å². The molecule has 9 heteroatoms. The molecule has 1 heterocycles. The van der Waals surface area contributed by atoms with E-state index in [1.165, 1.54) is 22.9 Å². The highest BCUT2D eigenvalue weighted by Crippen LogP contribution is 2.30. The van der Waals surface area contributed by atoms with Gasteiger partial charge in [-0.3, -0.25) is 4.79 Å². The number of alkyl halides is 3. The van der Waals surface area contributed by atoms with Crippen molar-refractivity contribution in [3.8, 4) is 5.69 Å². The maximum absolute atomic E-state index is 12.8. The molecule has 0 spiro atoms. The highest BCUT2D eigenvalue weighted by molar-refractivity contribution is 5.92. The first-order chi connectivity index (χ1) is 11.3. The van der Waals surface area contributed by atoms with Crippen molar-refractivity contribution >= 4 is 5.91 Å². The summed E-state index contributed by atoms with van der Waals surface area (Å²) in [6.45, 7) is 1.35. The van der Waals surface area contributed by atoms with Crippen LogP contribution in [0.3, 0.4) is 0 Å². The SMILES string of the molecule is Cc1cc(C(=O)NC(CN)CO)nn1-c1cccc(C(F)(F)F)c1. The Hall–Kier alpha value is -2.39. The number of aliphatic hydroxyl groups is 1. The molecule has 130 valence electrons. The molecule has 2 rings (SSSR count). The molecule has 0 aliphatic heterocycles. The summed E-state index contributed by atoms with van der Waals surface area (Å²) in [5, 5.41) is 15.6. The summed E-state index contributed by atoms with van der Waals surface area (Å²) >= 11 is 0. The fourth-order valence-corrected chi connectivity index (χ4v) is 2.10. The predicted molar refractivity (Wildman–Crippen MR) is 80.7 cm³/mol. The van der Waals surface area contributed by atoms with Gasteiger partial charge < -0.3 is 16.2 Å². The van der Waals surface area contributed by atoms with Crippen LogP contribution in [0.25, 0.3) is 5.69 Å². The number of amides is 1. The molecule has 0 bridgehead atoms. The van der Waals surface area contributed by atoms with E-state index in [1.807, 2.05) is 0 Å². The first kappa shape index (κ1) is 18.0. The molecule has 0 aliphatic carbocycles. The number of carbonyl (C=O) groups is 1. The molecule has 1 unspecified atom stereocenters. The Labute approximate surface area is 136 Å². The number of aromatic nitrogens is 2. The van der Waals surface area contributed by atoms with Gasteiger partial charge in [-0.1, -0.05) is 6.07 Å². The van der Waals surface area contributed by atoms with E-state index in [9.17, 15) is 18.0 Å². The predicted octanol–water partition coefficient (Wildman–Crippen LogP) is 1.25. The van der Waals surface area contributed by atoms with Crippen molar-refractivity contribution in [2.75, 3.05) is 13.2 Å². The number of nitrogens with one attached hydrogen (secondary N) is 1. The second kappa shape index (κ2) is 7.02. The van der Waals surface area contributed by atoms with Crippen molar-refractivity contribution in [2.24, 2.45) is 5.73 Å². The molecule has 1 atom stereocenters. The number of nitrogens with zero attached hydrogens (tertiary/aromatic N) is 2. The van der Waals surface area contributed by atoms with Crippen molar-refractivity contribution in [3.63, 3.8) is 0 Å². The van der Waals surface area contributed by atoms with Crippen LogP contribution in [-0.4, -0.2) is 40.0 Å². The van der Waals surface area contributed by atoms with Gasteiger partial charge in [0.15, 0.2) is 5.69 Å². The van der Waals surface area contributed by atoms with Crippen molar-refractivity contribution in [1.29, 1.82) is 0 Å². The summed E-state index contributed by atoms with van der Waals surface area (Å²) in [6.07, 6.45) is -4.47. The Balaban J connectivity index is 2.31. The van der Waals surface area contributed by atoms with Crippen LogP contribution in [0, 0.1) is 6.92 Å². The molecule has 1 aromatic heterocycles. The zero-order chi connectivity index (χ0) is 17.9. The van der Waals surface area contributed by atoms with E-state index in [2.05, 4.69) is 10.4 Å². The highest BCUT2D eigenvalue weighted by Gasteiger charge is 2.30. The first-order valence-corrected chi connectivity index (χ1v) is 7.12. The molecule has 0 saturated carbocycles. The molecule has 6 nitrogen and oxygen atoms in total. The molecule has 0 saturated heterocycles. The summed E-state index contributed by atoms with van der Waals surface area (Å²) < 4.78 is 39.7. The van der Waals surface area contributed by atoms with E-state index in [0.717, 1.165) is 12.1 Å². The van der Waals surface area contributed by atoms with Crippen LogP contribution in [0.1, 0.15) is 21.7 Å². The Kier molecular flexibility index (Phi) is 5.25. The van der Waals surface area contributed by atoms with Gasteiger partial charge in [0.1, 0.15) is 0 Å². The van der Waals surface area contributed by atoms with Gasteiger partial charge >= 0.3 is 6.18 Å². The van der Waals surface area contributed by atoms with Gasteiger partial charge in [0.25, 0.3) is 5.91 Å². The molecule has 2 aromatic rings. The number of aryl methyl sites for hydroxylation is 1. The molecule has 24 heavy (non-hydrogen) atoms. The average Bonchev–Trinajstić information content (AvgIpc) is 2.93. The molecule has 0 fully saturated rings. The molecule has 1 aromatic carbocycles. The summed E-state index contributed by atoms with van der Waals surface area (Å²) in [6, 6.07) is 5.49. The molecule has 0 radical (unpaired) electrons. The first-order valence-electron chi connectivity index (χ1n) is 7.12. The third-order valence-corrected chi connectivity index (χ3v) is 3.38. The van der Waals surface area contributed by atoms with Gasteiger partial charge in [-0.25, -0.2) is 4.68 Å². The van der Waals surface area contributed by atoms with E-state index in [-0.39, 0.29) is 24.5 Å². The van der Waals surface area contributed by atoms with Crippen molar-refractivity contribution in [1.82, 2.24) is 15.1 Å². The van der Waals surface area contributed by atoms with Crippen LogP contribution < -0.4 is 11.1 Å². The van der Waals surface area contributed by atoms with E-state index < -0.39 is 23.7 Å². The number of benzene rings is 1. The summed E-state index contributed by atoms with van der Waals surface area (Å²) in [7, 11) is 0. The third-order valence-electron chi connectivity index (χ3n) is 3.38. The lowest BCUT2D eigenvalue weighted by Gasteiger charge is -2.12. The fourth-order valence-electron chi connectivity index (χ4n) is 2.10. The Morgan fingerprint density at radius 2 is 2.12 bits per heavy atom. The van der Waals surface area contributed by atoms with Crippen LogP contribution in [0.5, 0.6) is 0 Å². The smallest absolute Gasteiger partial charge is 0.394 e. The second-order valence-electron chi connectivity index (χ2n) is 5.22. The number of halogens is 3. The van der Waals surface area contributed by atoms with Gasteiger partial charge in [0, 0.05) is 12.2 Å². The number of carbonyl (C=O) groups excluding carboxylic acids is 1. The lowest BCUT2D eigenvalue weighted by Crippen LogP contribution is -2.42. The summed E-state index contributed by atoms with van der Waals surface area (Å²) in [5.74, 6) is -0.562. The number of rotatable bonds is 5. The van der Waals surface area contributed by atoms with Crippen LogP contribution in [0.2, 0.25) is 0 Å². The van der Waals surface area contributed by atoms with Crippen molar-refractivity contribution in [3.05, 3.63) is 47.3 Å². The molecule has 1 amide bonds. The van der Waals surface area contributed by atoms with Crippen LogP contribution >= 0.6 is 0 Å². The number of aliphatic hydroxyl groups excluding tert-OH is 1. The lowest BCUT2D eigenvalue weighted by atomic mass is 10.2. The monoisotopic (exact) mass is 342 g/mol. The van der Waals surface area contributed by atoms with Crippen LogP contribution in [-0.2, 0) is 6.18 Å². The maximum atomic E-state index is 12.8. The average molecular weight is 342 g/mol. The molecule has 4 N–H and O–H groups in total. The Morgan fingerprint density at radius 1 is 1.42 bits per heavy atom. The van der Waals surface area contributed by atoms with Gasteiger partial charge in [-0.15, -0.1) is 0 Å². The molecule has 0 aliphatic rings. The van der Waals surface area contributed by atoms with Gasteiger partial charge in [0.05, 0.1) is 23.9 Å². The minimum absolute atomic E-state index is 0.0248. The zero-order valence-corrected chi connectivity index (χ0v) is 12.8. The van der Waals surface area contributed by atoms with E-state index in [1.54, 1.807) is 6.92 Å². The topological polar surface area (TPSA) is 93.2 Å². The fraction of sp³-hybridized carbons (Fsp3) is 0.333.